The second-order valence-electron chi connectivity index (χ2n) is 4.80. The molecule has 0 aliphatic carbocycles. The van der Waals surface area contributed by atoms with Crippen LogP contribution in [0.3, 0.4) is 0 Å². The van der Waals surface area contributed by atoms with Crippen molar-refractivity contribution in [3.63, 3.8) is 0 Å². The lowest BCUT2D eigenvalue weighted by atomic mass is 9.91. The molecule has 5 heteroatoms. The Bertz CT molecular complexity index is 418. The Labute approximate surface area is 107 Å². The van der Waals surface area contributed by atoms with E-state index in [-0.39, 0.29) is 12.5 Å². The maximum atomic E-state index is 12.3. The first-order valence-corrected chi connectivity index (χ1v) is 5.90. The summed E-state index contributed by atoms with van der Waals surface area (Å²) in [7, 11) is 0. The van der Waals surface area contributed by atoms with Crippen molar-refractivity contribution in [1.82, 2.24) is 4.90 Å². The quantitative estimate of drug-likeness (QED) is 0.828. The Hall–Kier alpha value is -1.80. The molecule has 0 fully saturated rings. The molecule has 2 N–H and O–H groups in total. The SMILES string of the molecule is CC(C)(CN)C(=O)N(CCC#N)Cc1ccco1. The Morgan fingerprint density at radius 2 is 2.33 bits per heavy atom. The average molecular weight is 249 g/mol. The zero-order chi connectivity index (χ0) is 13.6. The van der Waals surface area contributed by atoms with E-state index in [1.165, 1.54) is 0 Å². The number of nitrogens with two attached hydrogens (primary N) is 1. The molecule has 1 heterocycles. The molecule has 0 atom stereocenters. The molecule has 1 aromatic rings. The van der Waals surface area contributed by atoms with Crippen molar-refractivity contribution in [3.05, 3.63) is 24.2 Å². The van der Waals surface area contributed by atoms with Crippen LogP contribution in [0.1, 0.15) is 26.0 Å². The topological polar surface area (TPSA) is 83.3 Å². The van der Waals surface area contributed by atoms with Gasteiger partial charge in [0.25, 0.3) is 0 Å². The van der Waals surface area contributed by atoms with Gasteiger partial charge in [-0.2, -0.15) is 5.26 Å². The number of hydrogen-bond acceptors (Lipinski definition) is 4. The maximum Gasteiger partial charge on any atom is 0.229 e. The van der Waals surface area contributed by atoms with Gasteiger partial charge in [-0.3, -0.25) is 4.79 Å². The van der Waals surface area contributed by atoms with Gasteiger partial charge in [0, 0.05) is 13.1 Å². The molecule has 0 aromatic carbocycles. The fourth-order valence-corrected chi connectivity index (χ4v) is 1.54. The highest BCUT2D eigenvalue weighted by molar-refractivity contribution is 5.82. The molecule has 5 nitrogen and oxygen atoms in total. The van der Waals surface area contributed by atoms with Crippen molar-refractivity contribution in [1.29, 1.82) is 5.26 Å². The lowest BCUT2D eigenvalue weighted by Gasteiger charge is -2.30. The van der Waals surface area contributed by atoms with E-state index >= 15 is 0 Å². The van der Waals surface area contributed by atoms with Crippen LogP contribution in [0, 0.1) is 16.7 Å². The molecule has 1 rings (SSSR count). The summed E-state index contributed by atoms with van der Waals surface area (Å²) >= 11 is 0. The molecule has 1 aromatic heterocycles. The van der Waals surface area contributed by atoms with Crippen molar-refractivity contribution >= 4 is 5.91 Å². The molecule has 0 spiro atoms. The molecule has 0 unspecified atom stereocenters. The molecule has 0 saturated heterocycles. The molecular weight excluding hydrogens is 230 g/mol. The van der Waals surface area contributed by atoms with Gasteiger partial charge in [-0.05, 0) is 26.0 Å². The Morgan fingerprint density at radius 3 is 2.83 bits per heavy atom. The number of hydrogen-bond donors (Lipinski definition) is 1. The highest BCUT2D eigenvalue weighted by atomic mass is 16.3. The summed E-state index contributed by atoms with van der Waals surface area (Å²) in [6.07, 6.45) is 1.86. The van der Waals surface area contributed by atoms with Crippen molar-refractivity contribution in [2.24, 2.45) is 11.1 Å². The van der Waals surface area contributed by atoms with E-state index in [0.29, 0.717) is 25.3 Å². The number of carbonyl (C=O) groups excluding carboxylic acids is 1. The van der Waals surface area contributed by atoms with Crippen LogP contribution in [-0.2, 0) is 11.3 Å². The molecule has 0 saturated carbocycles. The monoisotopic (exact) mass is 249 g/mol. The molecule has 1 amide bonds. The average Bonchev–Trinajstić information content (AvgIpc) is 2.86. The lowest BCUT2D eigenvalue weighted by Crippen LogP contribution is -2.44. The smallest absolute Gasteiger partial charge is 0.229 e. The summed E-state index contributed by atoms with van der Waals surface area (Å²) < 4.78 is 5.23. The van der Waals surface area contributed by atoms with Crippen molar-refractivity contribution in [3.8, 4) is 6.07 Å². The minimum atomic E-state index is -0.623. The third-order valence-corrected chi connectivity index (χ3v) is 2.80. The van der Waals surface area contributed by atoms with Gasteiger partial charge in [-0.1, -0.05) is 0 Å². The van der Waals surface area contributed by atoms with Crippen LogP contribution in [0.2, 0.25) is 0 Å². The summed E-state index contributed by atoms with van der Waals surface area (Å²) in [5.41, 5.74) is 4.99. The first kappa shape index (κ1) is 14.3. The number of nitriles is 1. The third-order valence-electron chi connectivity index (χ3n) is 2.80. The lowest BCUT2D eigenvalue weighted by molar-refractivity contribution is -0.140. The van der Waals surface area contributed by atoms with E-state index in [2.05, 4.69) is 0 Å². The summed E-state index contributed by atoms with van der Waals surface area (Å²) in [5.74, 6) is 0.644. The van der Waals surface area contributed by atoms with Crippen LogP contribution in [0.5, 0.6) is 0 Å². The minimum absolute atomic E-state index is 0.0587. The zero-order valence-electron chi connectivity index (χ0n) is 10.8. The molecule has 0 aliphatic heterocycles. The summed E-state index contributed by atoms with van der Waals surface area (Å²) in [6, 6.07) is 5.63. The van der Waals surface area contributed by atoms with Crippen LogP contribution >= 0.6 is 0 Å². The fraction of sp³-hybridized carbons (Fsp3) is 0.538. The van der Waals surface area contributed by atoms with E-state index in [9.17, 15) is 4.79 Å². The summed E-state index contributed by atoms with van der Waals surface area (Å²) in [4.78, 5) is 13.9. The standard InChI is InChI=1S/C13H19N3O2/c1-13(2,10-15)12(17)16(7-4-6-14)9-11-5-3-8-18-11/h3,5,8H,4,7,9-10,15H2,1-2H3. The maximum absolute atomic E-state index is 12.3. The minimum Gasteiger partial charge on any atom is -0.467 e. The fourth-order valence-electron chi connectivity index (χ4n) is 1.54. The van der Waals surface area contributed by atoms with Crippen molar-refractivity contribution < 1.29 is 9.21 Å². The third kappa shape index (κ3) is 3.60. The Morgan fingerprint density at radius 1 is 1.61 bits per heavy atom. The van der Waals surface area contributed by atoms with Gasteiger partial charge in [0.15, 0.2) is 0 Å². The number of rotatable bonds is 6. The van der Waals surface area contributed by atoms with Crippen LogP contribution in [-0.4, -0.2) is 23.9 Å². The summed E-state index contributed by atoms with van der Waals surface area (Å²) in [5, 5.41) is 8.65. The number of amides is 1. The largest absolute Gasteiger partial charge is 0.467 e. The van der Waals surface area contributed by atoms with Gasteiger partial charge >= 0.3 is 0 Å². The Balaban J connectivity index is 2.78. The molecule has 0 radical (unpaired) electrons. The molecule has 0 aliphatic rings. The van der Waals surface area contributed by atoms with Crippen LogP contribution in [0.4, 0.5) is 0 Å². The van der Waals surface area contributed by atoms with Gasteiger partial charge in [0.05, 0.1) is 30.7 Å². The molecule has 98 valence electrons. The number of nitrogens with zero attached hydrogens (tertiary/aromatic N) is 2. The molecule has 0 bridgehead atoms. The highest BCUT2D eigenvalue weighted by Gasteiger charge is 2.30. The van der Waals surface area contributed by atoms with E-state index in [4.69, 9.17) is 15.4 Å². The molecule has 18 heavy (non-hydrogen) atoms. The predicted molar refractivity (Wildman–Crippen MR) is 67.2 cm³/mol. The number of carbonyl (C=O) groups is 1. The van der Waals surface area contributed by atoms with E-state index < -0.39 is 5.41 Å². The van der Waals surface area contributed by atoms with E-state index in [1.807, 2.05) is 12.1 Å². The second-order valence-corrected chi connectivity index (χ2v) is 4.80. The van der Waals surface area contributed by atoms with Gasteiger partial charge in [-0.15, -0.1) is 0 Å². The van der Waals surface area contributed by atoms with Crippen LogP contribution < -0.4 is 5.73 Å². The first-order valence-electron chi connectivity index (χ1n) is 5.90. The van der Waals surface area contributed by atoms with E-state index in [0.717, 1.165) is 0 Å². The number of furan rings is 1. The highest BCUT2D eigenvalue weighted by Crippen LogP contribution is 2.19. The van der Waals surface area contributed by atoms with Crippen LogP contribution in [0.25, 0.3) is 0 Å². The normalized spacial score (nSPS) is 11.0. The van der Waals surface area contributed by atoms with Crippen molar-refractivity contribution in [2.45, 2.75) is 26.8 Å². The second kappa shape index (κ2) is 6.22. The van der Waals surface area contributed by atoms with Crippen LogP contribution in [0.15, 0.2) is 22.8 Å². The Kier molecular flexibility index (Phi) is 4.93. The predicted octanol–water partition coefficient (Wildman–Crippen LogP) is 1.51. The van der Waals surface area contributed by atoms with Gasteiger partial charge < -0.3 is 15.1 Å². The van der Waals surface area contributed by atoms with Gasteiger partial charge in [0.1, 0.15) is 5.76 Å². The van der Waals surface area contributed by atoms with Gasteiger partial charge in [-0.25, -0.2) is 0 Å². The van der Waals surface area contributed by atoms with E-state index in [1.54, 1.807) is 31.1 Å². The van der Waals surface area contributed by atoms with Gasteiger partial charge in [0.2, 0.25) is 5.91 Å². The molecular formula is C13H19N3O2. The first-order chi connectivity index (χ1) is 8.51. The van der Waals surface area contributed by atoms with Crippen molar-refractivity contribution in [2.75, 3.05) is 13.1 Å². The summed E-state index contributed by atoms with van der Waals surface area (Å²) in [6.45, 7) is 4.64. The zero-order valence-corrected chi connectivity index (χ0v) is 10.8.